The molecule has 106 valence electrons. The van der Waals surface area contributed by atoms with Gasteiger partial charge in [-0.05, 0) is 6.92 Å². The molecule has 0 bridgehead atoms. The van der Waals surface area contributed by atoms with Crippen molar-refractivity contribution in [2.45, 2.75) is 6.92 Å². The van der Waals surface area contributed by atoms with Crippen molar-refractivity contribution in [2.75, 3.05) is 41.1 Å². The number of phosphoric acid groups is 1. The van der Waals surface area contributed by atoms with Gasteiger partial charge >= 0.3 is 5.97 Å². The maximum Gasteiger partial charge on any atom is 0.333 e. The Hall–Kier alpha value is -0.720. The Bertz CT molecular complexity index is 349. The molecule has 0 aliphatic carbocycles. The Morgan fingerprint density at radius 3 is 2.28 bits per heavy atom. The van der Waals surface area contributed by atoms with E-state index >= 15 is 0 Å². The van der Waals surface area contributed by atoms with Crippen LogP contribution >= 0.6 is 7.82 Å². The third kappa shape index (κ3) is 9.32. The van der Waals surface area contributed by atoms with Gasteiger partial charge in [0.15, 0.2) is 6.73 Å². The lowest BCUT2D eigenvalue weighted by Gasteiger charge is -2.28. The lowest BCUT2D eigenvalue weighted by atomic mass is 10.4. The first-order valence-corrected chi connectivity index (χ1v) is 6.73. The third-order valence-corrected chi connectivity index (χ3v) is 2.45. The predicted molar refractivity (Wildman–Crippen MR) is 63.3 cm³/mol. The molecule has 0 saturated heterocycles. The SMILES string of the molecule is C=C(C)C(=O)OCCOP(=O)([O-])OC[N+](C)(C)C. The summed E-state index contributed by atoms with van der Waals surface area (Å²) in [6.45, 7) is 4.38. The summed E-state index contributed by atoms with van der Waals surface area (Å²) in [5.74, 6) is -0.591. The number of rotatable bonds is 8. The number of quaternary nitrogens is 1. The molecule has 1 atom stereocenters. The van der Waals surface area contributed by atoms with E-state index < -0.39 is 13.8 Å². The predicted octanol–water partition coefficient (Wildman–Crippen LogP) is 0.271. The van der Waals surface area contributed by atoms with Gasteiger partial charge in [0.25, 0.3) is 7.82 Å². The van der Waals surface area contributed by atoms with Crippen LogP contribution in [0.15, 0.2) is 12.2 Å². The van der Waals surface area contributed by atoms with Crippen molar-refractivity contribution in [3.8, 4) is 0 Å². The first-order chi connectivity index (χ1) is 8.03. The highest BCUT2D eigenvalue weighted by molar-refractivity contribution is 7.45. The molecule has 0 rings (SSSR count). The van der Waals surface area contributed by atoms with E-state index in [1.807, 2.05) is 0 Å². The van der Waals surface area contributed by atoms with Crippen molar-refractivity contribution in [3.05, 3.63) is 12.2 Å². The summed E-state index contributed by atoms with van der Waals surface area (Å²) in [6.07, 6.45) is 0. The van der Waals surface area contributed by atoms with Gasteiger partial charge in [-0.15, -0.1) is 0 Å². The molecule has 0 aromatic rings. The van der Waals surface area contributed by atoms with Gasteiger partial charge in [0.05, 0.1) is 27.7 Å². The lowest BCUT2D eigenvalue weighted by molar-refractivity contribution is -0.887. The van der Waals surface area contributed by atoms with Gasteiger partial charge in [-0.1, -0.05) is 6.58 Å². The standard InChI is InChI=1S/C10H20NO6P/c1-9(2)10(12)15-6-7-16-18(13,14)17-8-11(3,4)5/h1,6-8H2,2-5H3. The quantitative estimate of drug-likeness (QED) is 0.158. The highest BCUT2D eigenvalue weighted by Gasteiger charge is 2.15. The molecule has 1 unspecified atom stereocenters. The summed E-state index contributed by atoms with van der Waals surface area (Å²) in [7, 11) is 0.965. The maximum atomic E-state index is 11.3. The zero-order chi connectivity index (χ0) is 14.4. The Labute approximate surface area is 107 Å². The Balaban J connectivity index is 3.88. The second kappa shape index (κ2) is 7.01. The molecule has 0 amide bonds. The van der Waals surface area contributed by atoms with Crippen LogP contribution in [0.1, 0.15) is 6.92 Å². The van der Waals surface area contributed by atoms with Crippen LogP contribution in [0.4, 0.5) is 0 Å². The molecular formula is C10H20NO6P. The van der Waals surface area contributed by atoms with E-state index in [4.69, 9.17) is 0 Å². The minimum absolute atomic E-state index is 0.0354. The van der Waals surface area contributed by atoms with Gasteiger partial charge < -0.3 is 18.6 Å². The van der Waals surface area contributed by atoms with Crippen molar-refractivity contribution in [3.63, 3.8) is 0 Å². The molecule has 0 aromatic carbocycles. The molecular weight excluding hydrogens is 261 g/mol. The minimum atomic E-state index is -4.35. The fraction of sp³-hybridized carbons (Fsp3) is 0.700. The van der Waals surface area contributed by atoms with Crippen molar-refractivity contribution in [1.82, 2.24) is 0 Å². The number of phosphoric ester groups is 1. The fourth-order valence-corrected chi connectivity index (χ4v) is 1.55. The Morgan fingerprint density at radius 1 is 1.28 bits per heavy atom. The molecule has 18 heavy (non-hydrogen) atoms. The third-order valence-electron chi connectivity index (χ3n) is 1.52. The molecule has 0 aliphatic heterocycles. The van der Waals surface area contributed by atoms with Crippen molar-refractivity contribution in [2.24, 2.45) is 0 Å². The van der Waals surface area contributed by atoms with Gasteiger partial charge in [0.1, 0.15) is 6.61 Å². The zero-order valence-electron chi connectivity index (χ0n) is 11.2. The summed E-state index contributed by atoms with van der Waals surface area (Å²) >= 11 is 0. The second-order valence-electron chi connectivity index (χ2n) is 4.75. The average molecular weight is 281 g/mol. The average Bonchev–Trinajstić information content (AvgIpc) is 2.20. The van der Waals surface area contributed by atoms with Crippen LogP contribution in [-0.2, 0) is 23.1 Å². The summed E-state index contributed by atoms with van der Waals surface area (Å²) in [6, 6.07) is 0. The molecule has 0 aromatic heterocycles. The monoisotopic (exact) mass is 281 g/mol. The topological polar surface area (TPSA) is 84.9 Å². The van der Waals surface area contributed by atoms with Crippen molar-refractivity contribution in [1.29, 1.82) is 0 Å². The largest absolute Gasteiger partial charge is 0.756 e. The highest BCUT2D eigenvalue weighted by atomic mass is 31.2. The molecule has 0 heterocycles. The lowest BCUT2D eigenvalue weighted by Crippen LogP contribution is -2.37. The number of esters is 1. The van der Waals surface area contributed by atoms with Crippen LogP contribution < -0.4 is 4.89 Å². The van der Waals surface area contributed by atoms with Crippen molar-refractivity contribution < 1.29 is 32.5 Å². The Morgan fingerprint density at radius 2 is 1.83 bits per heavy atom. The van der Waals surface area contributed by atoms with Gasteiger partial charge in [-0.25, -0.2) is 4.79 Å². The summed E-state index contributed by atoms with van der Waals surface area (Å²) in [5.41, 5.74) is 0.238. The van der Waals surface area contributed by atoms with E-state index in [9.17, 15) is 14.3 Å². The van der Waals surface area contributed by atoms with Gasteiger partial charge in [-0.2, -0.15) is 0 Å². The van der Waals surface area contributed by atoms with Crippen LogP contribution in [0.25, 0.3) is 0 Å². The van der Waals surface area contributed by atoms with Crippen LogP contribution in [-0.4, -0.2) is 51.5 Å². The van der Waals surface area contributed by atoms with Crippen LogP contribution in [0, 0.1) is 0 Å². The molecule has 0 fully saturated rings. The normalized spacial score (nSPS) is 14.9. The molecule has 0 aliphatic rings. The minimum Gasteiger partial charge on any atom is -0.756 e. The highest BCUT2D eigenvalue weighted by Crippen LogP contribution is 2.38. The number of hydrogen-bond acceptors (Lipinski definition) is 6. The van der Waals surface area contributed by atoms with E-state index in [0.29, 0.717) is 4.48 Å². The smallest absolute Gasteiger partial charge is 0.333 e. The number of carbonyl (C=O) groups excluding carboxylic acids is 1. The summed E-state index contributed by atoms with van der Waals surface area (Å²) < 4.78 is 25.4. The number of hydrogen-bond donors (Lipinski definition) is 0. The number of ether oxygens (including phenoxy) is 1. The molecule has 0 radical (unpaired) electrons. The number of nitrogens with zero attached hydrogens (tertiary/aromatic N) is 1. The van der Waals surface area contributed by atoms with E-state index in [1.54, 1.807) is 21.1 Å². The molecule has 0 spiro atoms. The summed E-state index contributed by atoms with van der Waals surface area (Å²) in [4.78, 5) is 22.2. The van der Waals surface area contributed by atoms with Gasteiger partial charge in [-0.3, -0.25) is 9.09 Å². The zero-order valence-corrected chi connectivity index (χ0v) is 12.1. The van der Waals surface area contributed by atoms with Gasteiger partial charge in [0, 0.05) is 5.57 Å². The fourth-order valence-electron chi connectivity index (χ4n) is 0.688. The van der Waals surface area contributed by atoms with E-state index in [1.165, 1.54) is 6.92 Å². The first-order valence-electron chi connectivity index (χ1n) is 5.27. The van der Waals surface area contributed by atoms with E-state index in [-0.39, 0.29) is 25.5 Å². The molecule has 8 heteroatoms. The van der Waals surface area contributed by atoms with E-state index in [2.05, 4.69) is 20.4 Å². The maximum absolute atomic E-state index is 11.3. The van der Waals surface area contributed by atoms with Crippen LogP contribution in [0.2, 0.25) is 0 Å². The molecule has 0 N–H and O–H groups in total. The van der Waals surface area contributed by atoms with Crippen molar-refractivity contribution >= 4 is 13.8 Å². The second-order valence-corrected chi connectivity index (χ2v) is 6.16. The Kier molecular flexibility index (Phi) is 6.73. The van der Waals surface area contributed by atoms with Crippen LogP contribution in [0.3, 0.4) is 0 Å². The molecule has 7 nitrogen and oxygen atoms in total. The number of carbonyl (C=O) groups is 1. The van der Waals surface area contributed by atoms with Crippen LogP contribution in [0.5, 0.6) is 0 Å². The summed E-state index contributed by atoms with van der Waals surface area (Å²) in [5, 5.41) is 0. The van der Waals surface area contributed by atoms with E-state index in [0.717, 1.165) is 0 Å². The first kappa shape index (κ1) is 17.3. The molecule has 0 saturated carbocycles. The van der Waals surface area contributed by atoms with Gasteiger partial charge in [0.2, 0.25) is 0 Å².